The molecule has 0 aliphatic heterocycles. The number of rotatable bonds is 5. The molecule has 0 heterocycles. The number of hydrogen-bond acceptors (Lipinski definition) is 3. The minimum Gasteiger partial charge on any atom is -0.480 e. The standard InChI is InChI=1S/C9H17NO4S/c1-5-6-15(13,14)10-7(8(11)12)9(2,3)4/h5,7,10H,1,6H2,2-4H3,(H,11,12). The van der Waals surface area contributed by atoms with Gasteiger partial charge in [-0.1, -0.05) is 26.8 Å². The van der Waals surface area contributed by atoms with Crippen molar-refractivity contribution in [2.24, 2.45) is 5.41 Å². The lowest BCUT2D eigenvalue weighted by molar-refractivity contribution is -0.141. The van der Waals surface area contributed by atoms with Crippen LogP contribution in [-0.4, -0.2) is 31.3 Å². The maximum Gasteiger partial charge on any atom is 0.322 e. The molecule has 2 N–H and O–H groups in total. The molecule has 0 bridgehead atoms. The zero-order valence-electron chi connectivity index (χ0n) is 9.15. The van der Waals surface area contributed by atoms with Crippen molar-refractivity contribution in [1.29, 1.82) is 0 Å². The summed E-state index contributed by atoms with van der Waals surface area (Å²) in [5.74, 6) is -1.47. The summed E-state index contributed by atoms with van der Waals surface area (Å²) in [4.78, 5) is 10.9. The summed E-state index contributed by atoms with van der Waals surface area (Å²) >= 11 is 0. The molecule has 0 aromatic carbocycles. The molecule has 0 aromatic rings. The van der Waals surface area contributed by atoms with Crippen molar-refractivity contribution in [1.82, 2.24) is 4.72 Å². The van der Waals surface area contributed by atoms with Crippen LogP contribution in [0.4, 0.5) is 0 Å². The number of sulfonamides is 1. The van der Waals surface area contributed by atoms with E-state index in [1.165, 1.54) is 6.08 Å². The average molecular weight is 235 g/mol. The van der Waals surface area contributed by atoms with Crippen molar-refractivity contribution < 1.29 is 18.3 Å². The second-order valence-electron chi connectivity index (χ2n) is 4.33. The van der Waals surface area contributed by atoms with Gasteiger partial charge in [-0.3, -0.25) is 4.79 Å². The van der Waals surface area contributed by atoms with Crippen molar-refractivity contribution in [2.45, 2.75) is 26.8 Å². The van der Waals surface area contributed by atoms with Gasteiger partial charge in [0.2, 0.25) is 10.0 Å². The van der Waals surface area contributed by atoms with Gasteiger partial charge in [-0.05, 0) is 5.41 Å². The predicted molar refractivity (Wildman–Crippen MR) is 58.0 cm³/mol. The van der Waals surface area contributed by atoms with Gasteiger partial charge in [0.15, 0.2) is 0 Å². The summed E-state index contributed by atoms with van der Waals surface area (Å²) in [7, 11) is -3.61. The molecule has 0 aliphatic carbocycles. The monoisotopic (exact) mass is 235 g/mol. The molecule has 0 saturated heterocycles. The Kier molecular flexibility index (Phi) is 4.48. The Morgan fingerprint density at radius 3 is 2.27 bits per heavy atom. The van der Waals surface area contributed by atoms with Crippen LogP contribution in [-0.2, 0) is 14.8 Å². The predicted octanol–water partition coefficient (Wildman–Crippen LogP) is 0.591. The first-order chi connectivity index (χ1) is 6.60. The Labute approximate surface area is 90.2 Å². The largest absolute Gasteiger partial charge is 0.480 e. The van der Waals surface area contributed by atoms with Gasteiger partial charge in [-0.25, -0.2) is 13.1 Å². The minimum absolute atomic E-state index is 0.285. The van der Waals surface area contributed by atoms with E-state index in [-0.39, 0.29) is 5.75 Å². The molecule has 5 nitrogen and oxygen atoms in total. The highest BCUT2D eigenvalue weighted by Crippen LogP contribution is 2.20. The lowest BCUT2D eigenvalue weighted by Gasteiger charge is -2.27. The van der Waals surface area contributed by atoms with Gasteiger partial charge in [0.25, 0.3) is 0 Å². The van der Waals surface area contributed by atoms with Gasteiger partial charge < -0.3 is 5.11 Å². The molecular formula is C9H17NO4S. The van der Waals surface area contributed by atoms with E-state index in [1.807, 2.05) is 0 Å². The molecule has 0 aliphatic rings. The normalized spacial score (nSPS) is 14.6. The maximum atomic E-state index is 11.3. The fraction of sp³-hybridized carbons (Fsp3) is 0.667. The van der Waals surface area contributed by atoms with Crippen LogP contribution in [0.1, 0.15) is 20.8 Å². The lowest BCUT2D eigenvalue weighted by atomic mass is 9.88. The van der Waals surface area contributed by atoms with Gasteiger partial charge in [-0.15, -0.1) is 6.58 Å². The molecule has 1 unspecified atom stereocenters. The third kappa shape index (κ3) is 4.94. The zero-order chi connectivity index (χ0) is 12.3. The molecule has 0 aromatic heterocycles. The third-order valence-corrected chi connectivity index (χ3v) is 3.02. The third-order valence-electron chi connectivity index (χ3n) is 1.75. The van der Waals surface area contributed by atoms with E-state index in [1.54, 1.807) is 20.8 Å². The van der Waals surface area contributed by atoms with E-state index in [0.29, 0.717) is 0 Å². The first kappa shape index (κ1) is 14.1. The summed E-state index contributed by atoms with van der Waals surface area (Å²) in [6, 6.07) is -1.14. The molecule has 0 saturated carbocycles. The van der Waals surface area contributed by atoms with E-state index in [0.717, 1.165) is 0 Å². The van der Waals surface area contributed by atoms with Gasteiger partial charge in [0, 0.05) is 0 Å². The molecule has 0 spiro atoms. The fourth-order valence-electron chi connectivity index (χ4n) is 0.980. The molecule has 0 fully saturated rings. The van der Waals surface area contributed by atoms with E-state index in [2.05, 4.69) is 11.3 Å². The number of hydrogen-bond donors (Lipinski definition) is 2. The summed E-state index contributed by atoms with van der Waals surface area (Å²) < 4.78 is 24.8. The van der Waals surface area contributed by atoms with E-state index in [9.17, 15) is 13.2 Å². The van der Waals surface area contributed by atoms with Gasteiger partial charge in [-0.2, -0.15) is 0 Å². The zero-order valence-corrected chi connectivity index (χ0v) is 9.97. The van der Waals surface area contributed by atoms with E-state index >= 15 is 0 Å². The van der Waals surface area contributed by atoms with Crippen LogP contribution in [0.5, 0.6) is 0 Å². The Hall–Kier alpha value is -0.880. The molecule has 1 atom stereocenters. The smallest absolute Gasteiger partial charge is 0.322 e. The van der Waals surface area contributed by atoms with Crippen LogP contribution >= 0.6 is 0 Å². The molecule has 0 rings (SSSR count). The molecule has 0 amide bonds. The quantitative estimate of drug-likeness (QED) is 0.683. The second-order valence-corrected chi connectivity index (χ2v) is 6.12. The number of nitrogens with one attached hydrogen (secondary N) is 1. The highest BCUT2D eigenvalue weighted by molar-refractivity contribution is 7.89. The summed E-state index contributed by atoms with van der Waals surface area (Å²) in [6.45, 7) is 8.26. The topological polar surface area (TPSA) is 83.5 Å². The Balaban J connectivity index is 4.87. The second kappa shape index (κ2) is 4.76. The van der Waals surface area contributed by atoms with Crippen LogP contribution < -0.4 is 4.72 Å². The van der Waals surface area contributed by atoms with E-state index in [4.69, 9.17) is 5.11 Å². The number of aliphatic carboxylic acids is 1. The molecule has 0 radical (unpaired) electrons. The van der Waals surface area contributed by atoms with Crippen molar-refractivity contribution in [3.63, 3.8) is 0 Å². The van der Waals surface area contributed by atoms with Crippen LogP contribution in [0.3, 0.4) is 0 Å². The minimum atomic E-state index is -3.61. The summed E-state index contributed by atoms with van der Waals surface area (Å²) in [5.41, 5.74) is -0.680. The van der Waals surface area contributed by atoms with Crippen molar-refractivity contribution in [3.8, 4) is 0 Å². The first-order valence-corrected chi connectivity index (χ1v) is 6.09. The SMILES string of the molecule is C=CCS(=O)(=O)NC(C(=O)O)C(C)(C)C. The van der Waals surface area contributed by atoms with Crippen LogP contribution in [0.2, 0.25) is 0 Å². The van der Waals surface area contributed by atoms with Crippen LogP contribution in [0, 0.1) is 5.41 Å². The molecule has 88 valence electrons. The number of carboxylic acid groups (broad SMARTS) is 1. The first-order valence-electron chi connectivity index (χ1n) is 4.44. The Morgan fingerprint density at radius 1 is 1.53 bits per heavy atom. The lowest BCUT2D eigenvalue weighted by Crippen LogP contribution is -2.49. The van der Waals surface area contributed by atoms with E-state index < -0.39 is 27.4 Å². The average Bonchev–Trinajstić information content (AvgIpc) is 1.97. The number of carbonyl (C=O) groups is 1. The Morgan fingerprint density at radius 2 is 2.00 bits per heavy atom. The number of carboxylic acids is 1. The van der Waals surface area contributed by atoms with Crippen molar-refractivity contribution in [2.75, 3.05) is 5.75 Å². The molecule has 15 heavy (non-hydrogen) atoms. The van der Waals surface area contributed by atoms with Gasteiger partial charge in [0.05, 0.1) is 5.75 Å². The molecular weight excluding hydrogens is 218 g/mol. The highest BCUT2D eigenvalue weighted by atomic mass is 32.2. The molecule has 6 heteroatoms. The van der Waals surface area contributed by atoms with Crippen molar-refractivity contribution in [3.05, 3.63) is 12.7 Å². The Bertz CT molecular complexity index is 340. The van der Waals surface area contributed by atoms with Crippen LogP contribution in [0.25, 0.3) is 0 Å². The van der Waals surface area contributed by atoms with Gasteiger partial charge in [0.1, 0.15) is 6.04 Å². The van der Waals surface area contributed by atoms with Gasteiger partial charge >= 0.3 is 5.97 Å². The summed E-state index contributed by atoms with van der Waals surface area (Å²) in [6.07, 6.45) is 1.21. The summed E-state index contributed by atoms with van der Waals surface area (Å²) in [5, 5.41) is 8.89. The van der Waals surface area contributed by atoms with Crippen LogP contribution in [0.15, 0.2) is 12.7 Å². The highest BCUT2D eigenvalue weighted by Gasteiger charge is 2.34. The van der Waals surface area contributed by atoms with Crippen molar-refractivity contribution >= 4 is 16.0 Å². The maximum absolute atomic E-state index is 11.3. The fourth-order valence-corrected chi connectivity index (χ4v) is 2.20.